The number of nitrogens with one attached hydrogen (secondary N) is 1. The van der Waals surface area contributed by atoms with Crippen LogP contribution in [-0.4, -0.2) is 55.4 Å². The third-order valence-electron chi connectivity index (χ3n) is 4.63. The van der Waals surface area contributed by atoms with E-state index in [1.54, 1.807) is 0 Å². The van der Waals surface area contributed by atoms with Gasteiger partial charge in [0, 0.05) is 44.0 Å². The van der Waals surface area contributed by atoms with Crippen molar-refractivity contribution >= 4 is 0 Å². The van der Waals surface area contributed by atoms with Gasteiger partial charge in [0.2, 0.25) is 5.88 Å². The van der Waals surface area contributed by atoms with E-state index < -0.39 is 0 Å². The Balaban J connectivity index is 1.53. The molecule has 1 saturated carbocycles. The van der Waals surface area contributed by atoms with E-state index in [0.717, 1.165) is 63.4 Å². The second-order valence-corrected chi connectivity index (χ2v) is 6.87. The lowest BCUT2D eigenvalue weighted by Crippen LogP contribution is -2.38. The van der Waals surface area contributed by atoms with Crippen molar-refractivity contribution in [2.24, 2.45) is 0 Å². The molecule has 0 unspecified atom stereocenters. The van der Waals surface area contributed by atoms with Crippen LogP contribution in [0.25, 0.3) is 0 Å². The predicted octanol–water partition coefficient (Wildman–Crippen LogP) is 2.39. The minimum atomic E-state index is 0.694. The van der Waals surface area contributed by atoms with Crippen LogP contribution in [0.1, 0.15) is 43.9 Å². The molecule has 3 rings (SSSR count). The largest absolute Gasteiger partial charge is 0.476 e. The van der Waals surface area contributed by atoms with E-state index in [1.165, 1.54) is 31.2 Å². The summed E-state index contributed by atoms with van der Waals surface area (Å²) >= 11 is 0. The van der Waals surface area contributed by atoms with Crippen LogP contribution < -0.4 is 10.1 Å². The van der Waals surface area contributed by atoms with Gasteiger partial charge in [-0.25, -0.2) is 4.98 Å². The normalized spacial score (nSPS) is 18.7. The zero-order chi connectivity index (χ0) is 16.6. The van der Waals surface area contributed by atoms with Crippen LogP contribution in [-0.2, 0) is 17.7 Å². The molecule has 1 saturated heterocycles. The van der Waals surface area contributed by atoms with Gasteiger partial charge in [0.15, 0.2) is 0 Å². The maximum Gasteiger partial charge on any atom is 0.213 e. The maximum atomic E-state index is 5.97. The molecule has 134 valence electrons. The number of nitrogens with zero attached hydrogens (tertiary/aromatic N) is 2. The van der Waals surface area contributed by atoms with Gasteiger partial charge in [-0.3, -0.25) is 4.90 Å². The van der Waals surface area contributed by atoms with Crippen LogP contribution >= 0.6 is 0 Å². The molecule has 1 N–H and O–H groups in total. The number of unbranched alkanes of at least 4 members (excludes halogenated alkanes) is 1. The highest BCUT2D eigenvalue weighted by molar-refractivity contribution is 5.25. The third kappa shape index (κ3) is 6.04. The molecule has 1 aromatic heterocycles. The van der Waals surface area contributed by atoms with Crippen molar-refractivity contribution in [3.8, 4) is 5.88 Å². The van der Waals surface area contributed by atoms with Crippen molar-refractivity contribution < 1.29 is 9.47 Å². The van der Waals surface area contributed by atoms with E-state index in [9.17, 15) is 0 Å². The van der Waals surface area contributed by atoms with Crippen LogP contribution in [0.5, 0.6) is 5.88 Å². The lowest BCUT2D eigenvalue weighted by molar-refractivity contribution is 0.0320. The van der Waals surface area contributed by atoms with Crippen LogP contribution in [0, 0.1) is 0 Å². The summed E-state index contributed by atoms with van der Waals surface area (Å²) in [6.07, 6.45) is 6.04. The molecule has 2 heterocycles. The van der Waals surface area contributed by atoms with Crippen LogP contribution in [0.3, 0.4) is 0 Å². The highest BCUT2D eigenvalue weighted by atomic mass is 16.5. The number of ether oxygens (including phenoxy) is 2. The van der Waals surface area contributed by atoms with Gasteiger partial charge < -0.3 is 14.8 Å². The first kappa shape index (κ1) is 17.6. The van der Waals surface area contributed by atoms with Gasteiger partial charge in [0.1, 0.15) is 6.61 Å². The second kappa shape index (κ2) is 9.35. The molecule has 0 aromatic carbocycles. The molecule has 2 fully saturated rings. The third-order valence-corrected chi connectivity index (χ3v) is 4.63. The Morgan fingerprint density at radius 2 is 2.12 bits per heavy atom. The van der Waals surface area contributed by atoms with E-state index >= 15 is 0 Å². The minimum Gasteiger partial charge on any atom is -0.476 e. The lowest BCUT2D eigenvalue weighted by Gasteiger charge is -2.26. The minimum absolute atomic E-state index is 0.694. The summed E-state index contributed by atoms with van der Waals surface area (Å²) in [6.45, 7) is 8.46. The Morgan fingerprint density at radius 3 is 2.88 bits per heavy atom. The molecular formula is C19H31N3O2. The number of aryl methyl sites for hydroxylation is 1. The lowest BCUT2D eigenvalue weighted by atomic mass is 10.1. The quantitative estimate of drug-likeness (QED) is 0.712. The Bertz CT molecular complexity index is 499. The van der Waals surface area contributed by atoms with Crippen molar-refractivity contribution in [1.82, 2.24) is 15.2 Å². The van der Waals surface area contributed by atoms with Crippen molar-refractivity contribution in [3.63, 3.8) is 0 Å². The van der Waals surface area contributed by atoms with Gasteiger partial charge >= 0.3 is 0 Å². The van der Waals surface area contributed by atoms with Gasteiger partial charge in [-0.15, -0.1) is 0 Å². The molecule has 0 atom stereocenters. The number of pyridine rings is 1. The Labute approximate surface area is 145 Å². The van der Waals surface area contributed by atoms with Gasteiger partial charge in [-0.1, -0.05) is 13.3 Å². The smallest absolute Gasteiger partial charge is 0.213 e. The van der Waals surface area contributed by atoms with Crippen molar-refractivity contribution in [2.75, 3.05) is 39.5 Å². The molecule has 1 aromatic rings. The maximum absolute atomic E-state index is 5.97. The molecule has 0 amide bonds. The van der Waals surface area contributed by atoms with Crippen molar-refractivity contribution in [2.45, 2.75) is 51.6 Å². The summed E-state index contributed by atoms with van der Waals surface area (Å²) in [6, 6.07) is 5.06. The first-order valence-corrected chi connectivity index (χ1v) is 9.49. The summed E-state index contributed by atoms with van der Waals surface area (Å²) in [5, 5.41) is 3.59. The summed E-state index contributed by atoms with van der Waals surface area (Å²) in [5.41, 5.74) is 2.46. The standard InChI is InChI=1S/C19H31N3O2/c1-2-3-4-18-13-16(15-20-17-5-6-17)14-19(21-18)24-12-9-22-7-10-23-11-8-22/h13-14,17,20H,2-12,15H2,1H3. The van der Waals surface area contributed by atoms with Crippen molar-refractivity contribution in [1.29, 1.82) is 0 Å². The van der Waals surface area contributed by atoms with Crippen molar-refractivity contribution in [3.05, 3.63) is 23.4 Å². The zero-order valence-corrected chi connectivity index (χ0v) is 14.9. The number of rotatable bonds is 10. The average molecular weight is 333 g/mol. The fraction of sp³-hybridized carbons (Fsp3) is 0.737. The molecule has 5 heteroatoms. The molecule has 0 spiro atoms. The molecule has 0 radical (unpaired) electrons. The van der Waals surface area contributed by atoms with Gasteiger partial charge in [-0.2, -0.15) is 0 Å². The number of morpholine rings is 1. The number of aromatic nitrogens is 1. The Kier molecular flexibility index (Phi) is 6.87. The molecule has 2 aliphatic rings. The first-order chi connectivity index (χ1) is 11.8. The van der Waals surface area contributed by atoms with Gasteiger partial charge in [0.05, 0.1) is 13.2 Å². The monoisotopic (exact) mass is 333 g/mol. The fourth-order valence-electron chi connectivity index (χ4n) is 2.94. The van der Waals surface area contributed by atoms with E-state index in [0.29, 0.717) is 6.61 Å². The van der Waals surface area contributed by atoms with Crippen LogP contribution in [0.4, 0.5) is 0 Å². The molecule has 0 bridgehead atoms. The van der Waals surface area contributed by atoms with Gasteiger partial charge in [0.25, 0.3) is 0 Å². The molecule has 5 nitrogen and oxygen atoms in total. The van der Waals surface area contributed by atoms with Crippen LogP contribution in [0.2, 0.25) is 0 Å². The Hall–Kier alpha value is -1.17. The molecule has 1 aliphatic heterocycles. The SMILES string of the molecule is CCCCc1cc(CNC2CC2)cc(OCCN2CCOCC2)n1. The van der Waals surface area contributed by atoms with Gasteiger partial charge in [-0.05, 0) is 37.3 Å². The van der Waals surface area contributed by atoms with Crippen LogP contribution in [0.15, 0.2) is 12.1 Å². The Morgan fingerprint density at radius 1 is 1.29 bits per heavy atom. The summed E-state index contributed by atoms with van der Waals surface area (Å²) in [7, 11) is 0. The number of hydrogen-bond acceptors (Lipinski definition) is 5. The predicted molar refractivity (Wildman–Crippen MR) is 95.5 cm³/mol. The number of hydrogen-bond donors (Lipinski definition) is 1. The highest BCUT2D eigenvalue weighted by Crippen LogP contribution is 2.20. The molecular weight excluding hydrogens is 302 g/mol. The molecule has 1 aliphatic carbocycles. The van der Waals surface area contributed by atoms with E-state index in [-0.39, 0.29) is 0 Å². The summed E-state index contributed by atoms with van der Waals surface area (Å²) in [4.78, 5) is 7.09. The van der Waals surface area contributed by atoms with E-state index in [1.807, 2.05) is 0 Å². The topological polar surface area (TPSA) is 46.6 Å². The fourth-order valence-corrected chi connectivity index (χ4v) is 2.94. The summed E-state index contributed by atoms with van der Waals surface area (Å²) in [5.74, 6) is 0.782. The average Bonchev–Trinajstić information content (AvgIpc) is 3.43. The summed E-state index contributed by atoms with van der Waals surface area (Å²) < 4.78 is 11.4. The second-order valence-electron chi connectivity index (χ2n) is 6.87. The highest BCUT2D eigenvalue weighted by Gasteiger charge is 2.20. The van der Waals surface area contributed by atoms with E-state index in [2.05, 4.69) is 29.3 Å². The first-order valence-electron chi connectivity index (χ1n) is 9.49. The van der Waals surface area contributed by atoms with E-state index in [4.69, 9.17) is 14.5 Å². The zero-order valence-electron chi connectivity index (χ0n) is 14.9. The molecule has 24 heavy (non-hydrogen) atoms.